The molecule has 1 unspecified atom stereocenters. The van der Waals surface area contributed by atoms with Crippen molar-refractivity contribution in [3.8, 4) is 0 Å². The van der Waals surface area contributed by atoms with Gasteiger partial charge in [0.1, 0.15) is 0 Å². The van der Waals surface area contributed by atoms with Gasteiger partial charge in [0, 0.05) is 27.9 Å². The normalized spacial score (nSPS) is 12.4. The SMILES string of the molecule is Cc1cccnc1CC(N)c1ccc(I)c(Cl)c1. The summed E-state index contributed by atoms with van der Waals surface area (Å²) in [5, 5.41) is 0.751. The molecule has 0 spiro atoms. The Morgan fingerprint density at radius 2 is 2.17 bits per heavy atom. The lowest BCUT2D eigenvalue weighted by molar-refractivity contribution is 0.702. The first kappa shape index (κ1) is 13.8. The van der Waals surface area contributed by atoms with Crippen LogP contribution in [0.1, 0.15) is 22.9 Å². The van der Waals surface area contributed by atoms with Crippen LogP contribution in [0.15, 0.2) is 36.5 Å². The van der Waals surface area contributed by atoms with Crippen LogP contribution in [0.3, 0.4) is 0 Å². The molecule has 1 aromatic carbocycles. The molecule has 2 N–H and O–H groups in total. The van der Waals surface area contributed by atoms with Crippen molar-refractivity contribution in [2.75, 3.05) is 0 Å². The molecular weight excluding hydrogens is 359 g/mol. The Hall–Kier alpha value is -0.650. The van der Waals surface area contributed by atoms with Crippen molar-refractivity contribution < 1.29 is 0 Å². The Labute approximate surface area is 126 Å². The average molecular weight is 373 g/mol. The molecule has 0 amide bonds. The van der Waals surface area contributed by atoms with Gasteiger partial charge >= 0.3 is 0 Å². The minimum absolute atomic E-state index is 0.0758. The van der Waals surface area contributed by atoms with E-state index in [0.717, 1.165) is 26.3 Å². The predicted molar refractivity (Wildman–Crippen MR) is 83.8 cm³/mol. The van der Waals surface area contributed by atoms with Gasteiger partial charge in [-0.3, -0.25) is 4.98 Å². The van der Waals surface area contributed by atoms with E-state index in [2.05, 4.69) is 40.6 Å². The fraction of sp³-hybridized carbons (Fsp3) is 0.214. The maximum atomic E-state index is 6.21. The lowest BCUT2D eigenvalue weighted by Crippen LogP contribution is -2.15. The second-order valence-electron chi connectivity index (χ2n) is 4.25. The first-order chi connectivity index (χ1) is 8.58. The molecule has 1 heterocycles. The van der Waals surface area contributed by atoms with Crippen LogP contribution >= 0.6 is 34.2 Å². The Kier molecular flexibility index (Phi) is 4.59. The van der Waals surface area contributed by atoms with E-state index in [-0.39, 0.29) is 6.04 Å². The van der Waals surface area contributed by atoms with Crippen LogP contribution in [0.2, 0.25) is 5.02 Å². The molecule has 0 radical (unpaired) electrons. The van der Waals surface area contributed by atoms with Crippen LogP contribution in [-0.4, -0.2) is 4.98 Å². The van der Waals surface area contributed by atoms with Gasteiger partial charge in [-0.2, -0.15) is 0 Å². The van der Waals surface area contributed by atoms with E-state index in [1.54, 1.807) is 6.20 Å². The van der Waals surface area contributed by atoms with Crippen molar-refractivity contribution in [1.29, 1.82) is 0 Å². The molecule has 1 atom stereocenters. The highest BCUT2D eigenvalue weighted by molar-refractivity contribution is 14.1. The van der Waals surface area contributed by atoms with Crippen molar-refractivity contribution in [3.63, 3.8) is 0 Å². The zero-order chi connectivity index (χ0) is 13.1. The van der Waals surface area contributed by atoms with Gasteiger partial charge in [-0.05, 0) is 58.8 Å². The zero-order valence-electron chi connectivity index (χ0n) is 10.0. The van der Waals surface area contributed by atoms with E-state index >= 15 is 0 Å². The fourth-order valence-electron chi connectivity index (χ4n) is 1.80. The Bertz CT molecular complexity index is 557. The molecule has 94 valence electrons. The van der Waals surface area contributed by atoms with Crippen molar-refractivity contribution in [2.24, 2.45) is 5.73 Å². The molecule has 0 aliphatic rings. The topological polar surface area (TPSA) is 38.9 Å². The summed E-state index contributed by atoms with van der Waals surface area (Å²) in [5.74, 6) is 0. The minimum atomic E-state index is -0.0758. The monoisotopic (exact) mass is 372 g/mol. The Balaban J connectivity index is 2.19. The summed E-state index contributed by atoms with van der Waals surface area (Å²) in [4.78, 5) is 4.37. The van der Waals surface area contributed by atoms with Gasteiger partial charge in [-0.25, -0.2) is 0 Å². The number of hydrogen-bond acceptors (Lipinski definition) is 2. The highest BCUT2D eigenvalue weighted by Gasteiger charge is 2.11. The smallest absolute Gasteiger partial charge is 0.0542 e. The second kappa shape index (κ2) is 5.99. The van der Waals surface area contributed by atoms with Crippen molar-refractivity contribution >= 4 is 34.2 Å². The van der Waals surface area contributed by atoms with E-state index in [0.29, 0.717) is 0 Å². The molecule has 0 saturated heterocycles. The van der Waals surface area contributed by atoms with Gasteiger partial charge in [-0.1, -0.05) is 23.7 Å². The van der Waals surface area contributed by atoms with E-state index in [4.69, 9.17) is 17.3 Å². The van der Waals surface area contributed by atoms with Gasteiger partial charge in [-0.15, -0.1) is 0 Å². The van der Waals surface area contributed by atoms with Crippen LogP contribution in [0.4, 0.5) is 0 Å². The van der Waals surface area contributed by atoms with Crippen molar-refractivity contribution in [2.45, 2.75) is 19.4 Å². The van der Waals surface area contributed by atoms with Crippen LogP contribution in [0.5, 0.6) is 0 Å². The summed E-state index contributed by atoms with van der Waals surface area (Å²) in [5.41, 5.74) is 9.47. The molecular formula is C14H14ClIN2. The van der Waals surface area contributed by atoms with Crippen molar-refractivity contribution in [3.05, 3.63) is 61.9 Å². The molecule has 1 aromatic heterocycles. The summed E-state index contributed by atoms with van der Waals surface area (Å²) in [6.07, 6.45) is 2.53. The molecule has 18 heavy (non-hydrogen) atoms. The largest absolute Gasteiger partial charge is 0.324 e. The quantitative estimate of drug-likeness (QED) is 0.830. The third kappa shape index (κ3) is 3.22. The Morgan fingerprint density at radius 1 is 1.39 bits per heavy atom. The molecule has 0 aliphatic heterocycles. The number of aromatic nitrogens is 1. The number of aryl methyl sites for hydroxylation is 1. The molecule has 0 aliphatic carbocycles. The number of halogens is 2. The van der Waals surface area contributed by atoms with Crippen LogP contribution in [0.25, 0.3) is 0 Å². The first-order valence-corrected chi connectivity index (χ1v) is 7.14. The van der Waals surface area contributed by atoms with Gasteiger partial charge in [0.15, 0.2) is 0 Å². The first-order valence-electron chi connectivity index (χ1n) is 5.69. The number of rotatable bonds is 3. The predicted octanol–water partition coefficient (Wildman–Crippen LogP) is 3.89. The molecule has 2 rings (SSSR count). The lowest BCUT2D eigenvalue weighted by atomic mass is 10.0. The highest BCUT2D eigenvalue weighted by Crippen LogP contribution is 2.24. The van der Waals surface area contributed by atoms with Crippen LogP contribution < -0.4 is 5.73 Å². The van der Waals surface area contributed by atoms with E-state index < -0.39 is 0 Å². The van der Waals surface area contributed by atoms with Crippen molar-refractivity contribution in [1.82, 2.24) is 4.98 Å². The number of hydrogen-bond donors (Lipinski definition) is 1. The fourth-order valence-corrected chi connectivity index (χ4v) is 2.33. The number of benzene rings is 1. The summed E-state index contributed by atoms with van der Waals surface area (Å²) in [6.45, 7) is 2.05. The third-order valence-electron chi connectivity index (χ3n) is 2.90. The third-order valence-corrected chi connectivity index (χ3v) is 4.48. The lowest BCUT2D eigenvalue weighted by Gasteiger charge is -2.13. The second-order valence-corrected chi connectivity index (χ2v) is 5.82. The Morgan fingerprint density at radius 3 is 2.83 bits per heavy atom. The standard InChI is InChI=1S/C14H14ClIN2/c1-9-3-2-6-18-14(9)8-13(17)10-4-5-12(16)11(15)7-10/h2-7,13H,8,17H2,1H3. The highest BCUT2D eigenvalue weighted by atomic mass is 127. The molecule has 0 fully saturated rings. The van der Waals surface area contributed by atoms with E-state index in [1.807, 2.05) is 24.3 Å². The zero-order valence-corrected chi connectivity index (χ0v) is 12.9. The molecule has 2 aromatic rings. The summed E-state index contributed by atoms with van der Waals surface area (Å²) in [7, 11) is 0. The van der Waals surface area contributed by atoms with Crippen LogP contribution in [0, 0.1) is 10.5 Å². The summed E-state index contributed by atoms with van der Waals surface area (Å²) < 4.78 is 1.04. The number of pyridine rings is 1. The average Bonchev–Trinajstić information content (AvgIpc) is 2.35. The molecule has 0 bridgehead atoms. The maximum absolute atomic E-state index is 6.21. The van der Waals surface area contributed by atoms with Gasteiger partial charge in [0.2, 0.25) is 0 Å². The van der Waals surface area contributed by atoms with Gasteiger partial charge in [0.05, 0.1) is 5.02 Å². The number of nitrogens with two attached hydrogens (primary N) is 1. The van der Waals surface area contributed by atoms with Gasteiger partial charge in [0.25, 0.3) is 0 Å². The van der Waals surface area contributed by atoms with E-state index in [1.165, 1.54) is 5.56 Å². The minimum Gasteiger partial charge on any atom is -0.324 e. The van der Waals surface area contributed by atoms with E-state index in [9.17, 15) is 0 Å². The maximum Gasteiger partial charge on any atom is 0.0542 e. The molecule has 2 nitrogen and oxygen atoms in total. The summed E-state index contributed by atoms with van der Waals surface area (Å²) in [6, 6.07) is 9.86. The van der Waals surface area contributed by atoms with Gasteiger partial charge < -0.3 is 5.73 Å². The molecule has 4 heteroatoms. The van der Waals surface area contributed by atoms with Crippen LogP contribution in [-0.2, 0) is 6.42 Å². The number of nitrogens with zero attached hydrogens (tertiary/aromatic N) is 1. The molecule has 0 saturated carbocycles. The summed E-state index contributed by atoms with van der Waals surface area (Å²) >= 11 is 8.32.